The highest BCUT2D eigenvalue weighted by Crippen LogP contribution is 2.36. The van der Waals surface area contributed by atoms with Crippen molar-refractivity contribution in [2.24, 2.45) is 5.92 Å². The highest BCUT2D eigenvalue weighted by molar-refractivity contribution is 5.26. The number of fused-ring (bicyclic) bond motifs is 2. The molecular weight excluding hydrogens is 212 g/mol. The second-order valence-electron chi connectivity index (χ2n) is 4.74. The Morgan fingerprint density at radius 2 is 2.29 bits per heavy atom. The van der Waals surface area contributed by atoms with E-state index in [4.69, 9.17) is 4.74 Å². The molecule has 17 heavy (non-hydrogen) atoms. The maximum Gasteiger partial charge on any atom is 0.213 e. The fourth-order valence-corrected chi connectivity index (χ4v) is 2.76. The van der Waals surface area contributed by atoms with Crippen molar-refractivity contribution < 1.29 is 4.74 Å². The van der Waals surface area contributed by atoms with Gasteiger partial charge in [0.25, 0.3) is 0 Å². The van der Waals surface area contributed by atoms with Crippen LogP contribution in [0.25, 0.3) is 0 Å². The van der Waals surface area contributed by atoms with E-state index in [9.17, 15) is 0 Å². The third kappa shape index (κ3) is 2.07. The molecule has 1 saturated heterocycles. The molecule has 3 atom stereocenters. The van der Waals surface area contributed by atoms with E-state index in [0.717, 1.165) is 0 Å². The predicted molar refractivity (Wildman–Crippen MR) is 66.9 cm³/mol. The van der Waals surface area contributed by atoms with E-state index in [1.807, 2.05) is 19.2 Å². The van der Waals surface area contributed by atoms with Gasteiger partial charge in [0.05, 0.1) is 6.61 Å². The zero-order chi connectivity index (χ0) is 11.7. The summed E-state index contributed by atoms with van der Waals surface area (Å²) in [7, 11) is 0. The molecule has 1 fully saturated rings. The molecule has 0 spiro atoms. The van der Waals surface area contributed by atoms with Crippen LogP contribution < -0.4 is 10.1 Å². The van der Waals surface area contributed by atoms with Crippen molar-refractivity contribution in [1.29, 1.82) is 0 Å². The number of rotatable bonds is 3. The quantitative estimate of drug-likeness (QED) is 0.810. The Morgan fingerprint density at radius 1 is 1.35 bits per heavy atom. The summed E-state index contributed by atoms with van der Waals surface area (Å²) < 4.78 is 5.36. The Hall–Kier alpha value is -1.35. The van der Waals surface area contributed by atoms with E-state index in [-0.39, 0.29) is 0 Å². The molecule has 3 nitrogen and oxygen atoms in total. The molecule has 1 N–H and O–H groups in total. The molecule has 3 aliphatic rings. The monoisotopic (exact) mass is 230 g/mol. The molecule has 4 rings (SSSR count). The summed E-state index contributed by atoms with van der Waals surface area (Å²) in [4.78, 5) is 4.34. The molecule has 2 bridgehead atoms. The molecule has 1 aromatic rings. The highest BCUT2D eigenvalue weighted by atomic mass is 16.5. The molecule has 3 heteroatoms. The topological polar surface area (TPSA) is 34.1 Å². The number of ether oxygens (including phenoxy) is 1. The van der Waals surface area contributed by atoms with Crippen LogP contribution >= 0.6 is 0 Å². The normalized spacial score (nSPS) is 30.5. The van der Waals surface area contributed by atoms with Crippen LogP contribution in [0.15, 0.2) is 30.5 Å². The average molecular weight is 230 g/mol. The summed E-state index contributed by atoms with van der Waals surface area (Å²) in [5.41, 5.74) is 1.27. The van der Waals surface area contributed by atoms with Gasteiger partial charge in [-0.05, 0) is 31.2 Å². The van der Waals surface area contributed by atoms with Crippen LogP contribution in [0.5, 0.6) is 5.88 Å². The fourth-order valence-electron chi connectivity index (χ4n) is 2.76. The van der Waals surface area contributed by atoms with Crippen molar-refractivity contribution in [2.75, 3.05) is 6.61 Å². The van der Waals surface area contributed by atoms with E-state index < -0.39 is 0 Å². The van der Waals surface area contributed by atoms with E-state index >= 15 is 0 Å². The third-order valence-corrected chi connectivity index (χ3v) is 3.63. The number of piperidine rings is 1. The van der Waals surface area contributed by atoms with Gasteiger partial charge in [0.15, 0.2) is 0 Å². The summed E-state index contributed by atoms with van der Waals surface area (Å²) in [6.07, 6.45) is 9.14. The molecule has 2 aliphatic heterocycles. The summed E-state index contributed by atoms with van der Waals surface area (Å²) in [6, 6.07) is 5.08. The van der Waals surface area contributed by atoms with Gasteiger partial charge < -0.3 is 10.1 Å². The van der Waals surface area contributed by atoms with Crippen molar-refractivity contribution in [3.8, 4) is 5.88 Å². The lowest BCUT2D eigenvalue weighted by molar-refractivity contribution is 0.274. The number of hydrogen-bond acceptors (Lipinski definition) is 3. The lowest BCUT2D eigenvalue weighted by Gasteiger charge is -2.39. The van der Waals surface area contributed by atoms with Crippen molar-refractivity contribution in [2.45, 2.75) is 31.8 Å². The molecular formula is C14H18N2O. The van der Waals surface area contributed by atoms with Crippen LogP contribution in [0.2, 0.25) is 0 Å². The van der Waals surface area contributed by atoms with Crippen LogP contribution in [0.1, 0.15) is 31.4 Å². The van der Waals surface area contributed by atoms with Gasteiger partial charge in [-0.3, -0.25) is 0 Å². The molecule has 0 radical (unpaired) electrons. The van der Waals surface area contributed by atoms with Crippen LogP contribution in [-0.4, -0.2) is 17.6 Å². The van der Waals surface area contributed by atoms with Gasteiger partial charge in [0.2, 0.25) is 5.88 Å². The van der Waals surface area contributed by atoms with Gasteiger partial charge in [-0.1, -0.05) is 18.2 Å². The molecule has 90 valence electrons. The Labute approximate surface area is 102 Å². The van der Waals surface area contributed by atoms with Gasteiger partial charge in [0, 0.05) is 24.3 Å². The summed E-state index contributed by atoms with van der Waals surface area (Å²) in [5, 5.41) is 3.65. The largest absolute Gasteiger partial charge is 0.478 e. The van der Waals surface area contributed by atoms with Crippen LogP contribution in [0.3, 0.4) is 0 Å². The zero-order valence-electron chi connectivity index (χ0n) is 10.1. The number of aromatic nitrogens is 1. The van der Waals surface area contributed by atoms with Crippen LogP contribution in [0.4, 0.5) is 0 Å². The second kappa shape index (κ2) is 4.49. The minimum atomic E-state index is 0.432. The number of nitrogens with zero attached hydrogens (tertiary/aromatic N) is 1. The van der Waals surface area contributed by atoms with Gasteiger partial charge in [-0.15, -0.1) is 0 Å². The standard InChI is InChI=1S/C14H18N2O/c1-2-17-13-8-5-11(9-15-13)14-10-3-6-12(16-14)7-4-10/h3,5-6,8-10,12,14,16H,2,4,7H2,1H3. The smallest absolute Gasteiger partial charge is 0.213 e. The van der Waals surface area contributed by atoms with Crippen molar-refractivity contribution in [1.82, 2.24) is 10.3 Å². The van der Waals surface area contributed by atoms with Gasteiger partial charge >= 0.3 is 0 Å². The Kier molecular flexibility index (Phi) is 2.85. The molecule has 1 aliphatic carbocycles. The van der Waals surface area contributed by atoms with Gasteiger partial charge in [-0.25, -0.2) is 4.98 Å². The summed E-state index contributed by atoms with van der Waals surface area (Å²) in [5.74, 6) is 1.34. The molecule has 0 saturated carbocycles. The second-order valence-corrected chi connectivity index (χ2v) is 4.74. The first kappa shape index (κ1) is 10.8. The lowest BCUT2D eigenvalue weighted by atomic mass is 9.79. The van der Waals surface area contributed by atoms with Crippen molar-refractivity contribution in [3.05, 3.63) is 36.0 Å². The molecule has 0 aromatic carbocycles. The first-order valence-corrected chi connectivity index (χ1v) is 6.40. The Morgan fingerprint density at radius 3 is 2.82 bits per heavy atom. The maximum absolute atomic E-state index is 5.36. The number of nitrogens with one attached hydrogen (secondary N) is 1. The molecule has 3 heterocycles. The Bertz CT molecular complexity index is 413. The molecule has 0 amide bonds. The van der Waals surface area contributed by atoms with E-state index in [2.05, 4.69) is 28.5 Å². The number of pyridine rings is 1. The van der Waals surface area contributed by atoms with Crippen molar-refractivity contribution >= 4 is 0 Å². The van der Waals surface area contributed by atoms with E-state index in [0.29, 0.717) is 30.5 Å². The summed E-state index contributed by atoms with van der Waals surface area (Å²) >= 11 is 0. The first-order valence-electron chi connectivity index (χ1n) is 6.40. The first-order chi connectivity index (χ1) is 8.36. The van der Waals surface area contributed by atoms with Crippen molar-refractivity contribution in [3.63, 3.8) is 0 Å². The minimum absolute atomic E-state index is 0.432. The third-order valence-electron chi connectivity index (χ3n) is 3.63. The lowest BCUT2D eigenvalue weighted by Crippen LogP contribution is -2.43. The van der Waals surface area contributed by atoms with Crippen LogP contribution in [0, 0.1) is 5.92 Å². The average Bonchev–Trinajstić information content (AvgIpc) is 2.41. The van der Waals surface area contributed by atoms with Crippen LogP contribution in [-0.2, 0) is 0 Å². The fraction of sp³-hybridized carbons (Fsp3) is 0.500. The minimum Gasteiger partial charge on any atom is -0.478 e. The molecule has 3 unspecified atom stereocenters. The maximum atomic E-state index is 5.36. The Balaban J connectivity index is 1.78. The van der Waals surface area contributed by atoms with Gasteiger partial charge in [0.1, 0.15) is 0 Å². The van der Waals surface area contributed by atoms with Gasteiger partial charge in [-0.2, -0.15) is 0 Å². The SMILES string of the molecule is CCOc1ccc(C2NC3C=CC2CC3)cn1. The van der Waals surface area contributed by atoms with E-state index in [1.54, 1.807) is 0 Å². The van der Waals surface area contributed by atoms with E-state index in [1.165, 1.54) is 18.4 Å². The number of hydrogen-bond donors (Lipinski definition) is 1. The zero-order valence-corrected chi connectivity index (χ0v) is 10.1. The molecule has 1 aromatic heterocycles. The highest BCUT2D eigenvalue weighted by Gasteiger charge is 2.32. The summed E-state index contributed by atoms with van der Waals surface area (Å²) in [6.45, 7) is 2.64. The predicted octanol–water partition coefficient (Wildman–Crippen LogP) is 2.46.